The second-order valence-electron chi connectivity index (χ2n) is 15.4. The van der Waals surface area contributed by atoms with E-state index in [1.165, 1.54) is 6.08 Å². The molecule has 3 N–H and O–H groups in total. The smallest absolute Gasteiger partial charge is 0.338 e. The molecule has 2 bridgehead atoms. The number of Topliss-reactive ketones (excluding diaryl/α,β-unsaturated/α-hetero) is 1. The molecule has 278 valence electrons. The van der Waals surface area contributed by atoms with Crippen molar-refractivity contribution in [2.45, 2.75) is 96.1 Å². The Morgan fingerprint density at radius 1 is 0.923 bits per heavy atom. The third-order valence-electron chi connectivity index (χ3n) is 12.3. The molecule has 52 heavy (non-hydrogen) atoms. The molecule has 0 radical (unpaired) electrons. The molecule has 10 nitrogen and oxygen atoms in total. The van der Waals surface area contributed by atoms with Gasteiger partial charge in [0.1, 0.15) is 18.3 Å². The van der Waals surface area contributed by atoms with Gasteiger partial charge in [-0.15, -0.1) is 0 Å². The van der Waals surface area contributed by atoms with Gasteiger partial charge in [-0.1, -0.05) is 95.0 Å². The number of allylic oxidation sites excluding steroid dienone is 1. The lowest BCUT2D eigenvalue weighted by molar-refractivity contribution is -0.192. The van der Waals surface area contributed by atoms with Gasteiger partial charge in [-0.3, -0.25) is 9.59 Å². The third kappa shape index (κ3) is 5.83. The number of fused-ring (bicyclic) bond motifs is 3. The van der Waals surface area contributed by atoms with Gasteiger partial charge in [0, 0.05) is 23.7 Å². The first-order valence-corrected chi connectivity index (χ1v) is 18.5. The SMILES string of the molecule is CCCCCCCC(=O)O[C@@]12C[C@@H](C)[C@]34C=C(C)[C@H](OC(=O)c5ccccc5)[C@@]3(O)[C@H](O)C(CO)=C[C@H](C4=O)[C@@H]1C2(C)COC(=O)c1ccccc1. The van der Waals surface area contributed by atoms with E-state index in [0.29, 0.717) is 17.6 Å². The summed E-state index contributed by atoms with van der Waals surface area (Å²) in [7, 11) is 0. The zero-order chi connectivity index (χ0) is 37.5. The Bertz CT molecular complexity index is 1750. The summed E-state index contributed by atoms with van der Waals surface area (Å²) in [6.45, 7) is 6.49. The summed E-state index contributed by atoms with van der Waals surface area (Å²) in [5.41, 5.74) is -5.61. The molecule has 2 aromatic rings. The van der Waals surface area contributed by atoms with Crippen LogP contribution in [0, 0.1) is 28.6 Å². The summed E-state index contributed by atoms with van der Waals surface area (Å²) in [6, 6.07) is 16.7. The Kier molecular flexibility index (Phi) is 10.4. The van der Waals surface area contributed by atoms with Crippen LogP contribution in [0.5, 0.6) is 0 Å². The summed E-state index contributed by atoms with van der Waals surface area (Å²) in [6.07, 6.45) is 4.74. The summed E-state index contributed by atoms with van der Waals surface area (Å²) in [5, 5.41) is 35.6. The lowest BCUT2D eigenvalue weighted by atomic mass is 9.58. The topological polar surface area (TPSA) is 157 Å². The van der Waals surface area contributed by atoms with Gasteiger partial charge < -0.3 is 29.5 Å². The zero-order valence-corrected chi connectivity index (χ0v) is 30.4. The van der Waals surface area contributed by atoms with Crippen molar-refractivity contribution in [1.82, 2.24) is 0 Å². The Hall–Kier alpha value is -4.12. The number of hydrogen-bond donors (Lipinski definition) is 3. The molecule has 0 amide bonds. The quantitative estimate of drug-likeness (QED) is 0.104. The normalized spacial score (nSPS) is 34.4. The first-order chi connectivity index (χ1) is 24.8. The van der Waals surface area contributed by atoms with Crippen molar-refractivity contribution in [3.05, 3.63) is 95.1 Å². The fourth-order valence-electron chi connectivity index (χ4n) is 9.67. The van der Waals surface area contributed by atoms with E-state index in [1.807, 2.05) is 6.92 Å². The van der Waals surface area contributed by atoms with E-state index in [9.17, 15) is 29.7 Å². The number of rotatable bonds is 13. The van der Waals surface area contributed by atoms with Crippen molar-refractivity contribution in [3.63, 3.8) is 0 Å². The first kappa shape index (κ1) is 37.6. The number of carbonyl (C=O) groups is 4. The van der Waals surface area contributed by atoms with Crippen LogP contribution < -0.4 is 0 Å². The Morgan fingerprint density at radius 2 is 1.54 bits per heavy atom. The molecule has 4 aliphatic carbocycles. The molecule has 0 heterocycles. The Balaban J connectivity index is 1.40. The minimum Gasteiger partial charge on any atom is -0.461 e. The number of ether oxygens (including phenoxy) is 3. The van der Waals surface area contributed by atoms with Crippen LogP contribution in [0.15, 0.2) is 84.0 Å². The van der Waals surface area contributed by atoms with Crippen LogP contribution in [0.3, 0.4) is 0 Å². The van der Waals surface area contributed by atoms with Gasteiger partial charge in [0.15, 0.2) is 17.5 Å². The maximum atomic E-state index is 15.3. The van der Waals surface area contributed by atoms with Gasteiger partial charge in [-0.25, -0.2) is 9.59 Å². The van der Waals surface area contributed by atoms with Crippen molar-refractivity contribution in [2.75, 3.05) is 13.2 Å². The van der Waals surface area contributed by atoms with E-state index < -0.39 is 82.3 Å². The molecule has 2 fully saturated rings. The van der Waals surface area contributed by atoms with Crippen LogP contribution in [0.25, 0.3) is 0 Å². The average molecular weight is 715 g/mol. The molecule has 2 aromatic carbocycles. The van der Waals surface area contributed by atoms with Crippen molar-refractivity contribution >= 4 is 23.7 Å². The van der Waals surface area contributed by atoms with Gasteiger partial charge >= 0.3 is 17.9 Å². The summed E-state index contributed by atoms with van der Waals surface area (Å²) in [4.78, 5) is 55.5. The van der Waals surface area contributed by atoms with Crippen molar-refractivity contribution in [1.29, 1.82) is 0 Å². The Labute approximate surface area is 304 Å². The highest BCUT2D eigenvalue weighted by atomic mass is 16.6. The largest absolute Gasteiger partial charge is 0.461 e. The van der Waals surface area contributed by atoms with E-state index in [-0.39, 0.29) is 30.6 Å². The maximum Gasteiger partial charge on any atom is 0.338 e. The van der Waals surface area contributed by atoms with Gasteiger partial charge in [-0.05, 0) is 61.1 Å². The fraction of sp³-hybridized carbons (Fsp3) is 0.524. The molecule has 1 spiro atoms. The van der Waals surface area contributed by atoms with Crippen LogP contribution in [0.1, 0.15) is 93.4 Å². The van der Waals surface area contributed by atoms with E-state index in [0.717, 1.165) is 25.7 Å². The van der Waals surface area contributed by atoms with Crippen LogP contribution in [0.2, 0.25) is 0 Å². The summed E-state index contributed by atoms with van der Waals surface area (Å²) in [5.74, 6) is -4.77. The lowest BCUT2D eigenvalue weighted by Gasteiger charge is -2.49. The summed E-state index contributed by atoms with van der Waals surface area (Å²) < 4.78 is 18.3. The maximum absolute atomic E-state index is 15.3. The zero-order valence-electron chi connectivity index (χ0n) is 30.4. The molecule has 9 atom stereocenters. The average Bonchev–Trinajstić information content (AvgIpc) is 3.58. The number of unbranched alkanes of at least 4 members (excludes halogenated alkanes) is 4. The van der Waals surface area contributed by atoms with Crippen LogP contribution in [-0.2, 0) is 23.8 Å². The van der Waals surface area contributed by atoms with Gasteiger partial charge in [0.25, 0.3) is 0 Å². The molecule has 1 unspecified atom stereocenters. The predicted octanol–water partition coefficient (Wildman–Crippen LogP) is 5.54. The van der Waals surface area contributed by atoms with Crippen molar-refractivity contribution in [3.8, 4) is 0 Å². The number of aliphatic hydroxyl groups excluding tert-OH is 2. The first-order valence-electron chi connectivity index (χ1n) is 18.5. The number of carbonyl (C=O) groups excluding carboxylic acids is 4. The number of aliphatic hydroxyl groups is 3. The van der Waals surface area contributed by atoms with Crippen LogP contribution in [-0.4, -0.2) is 75.6 Å². The van der Waals surface area contributed by atoms with Gasteiger partial charge in [0.05, 0.1) is 23.1 Å². The lowest BCUT2D eigenvalue weighted by Crippen LogP contribution is -2.66. The number of esters is 3. The third-order valence-corrected chi connectivity index (χ3v) is 12.3. The summed E-state index contributed by atoms with van der Waals surface area (Å²) >= 11 is 0. The number of ketones is 1. The molecule has 10 heteroatoms. The molecule has 0 aliphatic heterocycles. The van der Waals surface area contributed by atoms with E-state index >= 15 is 4.79 Å². The van der Waals surface area contributed by atoms with Crippen molar-refractivity contribution < 1.29 is 48.7 Å². The molecular formula is C42H50O10. The van der Waals surface area contributed by atoms with Crippen LogP contribution >= 0.6 is 0 Å². The molecular weight excluding hydrogens is 664 g/mol. The van der Waals surface area contributed by atoms with Crippen molar-refractivity contribution in [2.24, 2.45) is 28.6 Å². The number of hydrogen-bond acceptors (Lipinski definition) is 10. The van der Waals surface area contributed by atoms with E-state index in [2.05, 4.69) is 6.92 Å². The van der Waals surface area contributed by atoms with E-state index in [1.54, 1.807) is 80.6 Å². The molecule has 0 aromatic heterocycles. The second kappa shape index (κ2) is 14.4. The monoisotopic (exact) mass is 714 g/mol. The fourth-order valence-corrected chi connectivity index (χ4v) is 9.67. The van der Waals surface area contributed by atoms with Gasteiger partial charge in [-0.2, -0.15) is 0 Å². The Morgan fingerprint density at radius 3 is 2.15 bits per heavy atom. The minimum absolute atomic E-state index is 0.0210. The van der Waals surface area contributed by atoms with E-state index in [4.69, 9.17) is 14.2 Å². The highest BCUT2D eigenvalue weighted by Crippen LogP contribution is 2.75. The van der Waals surface area contributed by atoms with Crippen LogP contribution in [0.4, 0.5) is 0 Å². The standard InChI is InChI=1S/C42H50O10/c1-5-6-7-8-15-20-32(44)52-41-23-27(3)40-22-26(2)36(51-38(48)29-18-13-10-14-19-29)42(40,49)34(45)30(24-43)21-31(35(40)46)33(41)39(41,4)25-50-37(47)28-16-11-9-12-17-28/h9-14,16-19,21-22,27,31,33-34,36,43,45,49H,5-8,15,20,23-25H2,1-4H3/t27-,31+,33-,34-,36+,39?,40+,41+,42+/m1/s1. The number of benzene rings is 2. The second-order valence-corrected chi connectivity index (χ2v) is 15.4. The molecule has 6 rings (SSSR count). The molecule has 4 aliphatic rings. The highest BCUT2D eigenvalue weighted by molar-refractivity contribution is 5.96. The van der Waals surface area contributed by atoms with Gasteiger partial charge in [0.2, 0.25) is 0 Å². The molecule has 2 saturated carbocycles. The predicted molar refractivity (Wildman–Crippen MR) is 191 cm³/mol. The molecule has 0 saturated heterocycles. The highest BCUT2D eigenvalue weighted by Gasteiger charge is 2.85. The minimum atomic E-state index is -2.40.